The molecule has 45 heavy (non-hydrogen) atoms. The van der Waals surface area contributed by atoms with Crippen molar-refractivity contribution < 1.29 is 34.7 Å². The smallest absolute Gasteiger partial charge is 0.200 e. The zero-order valence-corrected chi connectivity index (χ0v) is 26.8. The third kappa shape index (κ3) is 8.45. The molecule has 1 saturated carbocycles. The quantitative estimate of drug-likeness (QED) is 0.103. The lowest BCUT2D eigenvalue weighted by Crippen LogP contribution is -2.44. The number of ketones is 1. The first-order chi connectivity index (χ1) is 21.5. The topological polar surface area (TPSA) is 154 Å². The van der Waals surface area contributed by atoms with Crippen LogP contribution in [0.2, 0.25) is 0 Å². The van der Waals surface area contributed by atoms with Crippen molar-refractivity contribution in [3.05, 3.63) is 65.0 Å². The summed E-state index contributed by atoms with van der Waals surface area (Å²) in [4.78, 5) is 14.3. The van der Waals surface area contributed by atoms with Gasteiger partial charge in [-0.3, -0.25) is 4.79 Å². The van der Waals surface area contributed by atoms with Crippen LogP contribution >= 0.6 is 0 Å². The highest BCUT2D eigenvalue weighted by Crippen LogP contribution is 2.53. The minimum atomic E-state index is -0.922. The van der Waals surface area contributed by atoms with Crippen LogP contribution in [0.4, 0.5) is 0 Å². The maximum atomic E-state index is 14.3. The molecule has 0 saturated heterocycles. The average molecular weight is 623 g/mol. The number of aromatic hydroxyl groups is 3. The first kappa shape index (κ1) is 34.0. The number of allylic oxidation sites excluding steroid dienone is 2. The lowest BCUT2D eigenvalue weighted by Gasteiger charge is -2.42. The Morgan fingerprint density at radius 3 is 2.42 bits per heavy atom. The summed E-state index contributed by atoms with van der Waals surface area (Å²) in [6.07, 6.45) is 9.66. The van der Waals surface area contributed by atoms with Gasteiger partial charge in [0.2, 0.25) is 5.75 Å². The summed E-state index contributed by atoms with van der Waals surface area (Å²) in [6.45, 7) is 5.25. The number of aliphatic hydroxyl groups excluding tert-OH is 1. The molecule has 0 amide bonds. The van der Waals surface area contributed by atoms with Gasteiger partial charge in [-0.05, 0) is 97.9 Å². The molecule has 0 bridgehead atoms. The summed E-state index contributed by atoms with van der Waals surface area (Å²) in [5.74, 6) is 0.403. The molecule has 1 fully saturated rings. The number of Topliss-reactive ketones (excluding diaryl/α,β-unsaturated/α-hetero) is 1. The molecule has 0 spiro atoms. The molecule has 9 nitrogen and oxygen atoms in total. The number of phenols is 3. The predicted octanol–water partition coefficient (Wildman–Crippen LogP) is 5.63. The monoisotopic (exact) mass is 622 g/mol. The molecule has 7 N–H and O–H groups in total. The number of hydrogen-bond acceptors (Lipinski definition) is 9. The Bertz CT molecular complexity index is 1380. The molecular formula is C36H50N2O7. The first-order valence-corrected chi connectivity index (χ1v) is 16.2. The van der Waals surface area contributed by atoms with Crippen molar-refractivity contribution in [2.75, 3.05) is 20.3 Å². The molecule has 1 heterocycles. The van der Waals surface area contributed by atoms with Crippen molar-refractivity contribution in [1.82, 2.24) is 5.32 Å². The second-order valence-electron chi connectivity index (χ2n) is 12.9. The van der Waals surface area contributed by atoms with Crippen LogP contribution in [0.3, 0.4) is 0 Å². The van der Waals surface area contributed by atoms with Crippen molar-refractivity contribution in [3.8, 4) is 28.7 Å². The number of dihydropyridines is 1. The first-order valence-electron chi connectivity index (χ1n) is 16.2. The van der Waals surface area contributed by atoms with E-state index in [4.69, 9.17) is 15.2 Å². The van der Waals surface area contributed by atoms with Gasteiger partial charge in [0.05, 0.1) is 31.6 Å². The summed E-state index contributed by atoms with van der Waals surface area (Å²) < 4.78 is 11.1. The molecule has 2 aliphatic rings. The van der Waals surface area contributed by atoms with Crippen molar-refractivity contribution >= 4 is 5.78 Å². The Morgan fingerprint density at radius 2 is 1.73 bits per heavy atom. The zero-order chi connectivity index (χ0) is 32.6. The predicted molar refractivity (Wildman–Crippen MR) is 174 cm³/mol. The molecule has 2 aromatic rings. The Balaban J connectivity index is 1.57. The van der Waals surface area contributed by atoms with Crippen molar-refractivity contribution in [2.45, 2.75) is 84.2 Å². The number of aryl methyl sites for hydroxylation is 2. The number of rotatable bonds is 16. The van der Waals surface area contributed by atoms with E-state index in [9.17, 15) is 25.2 Å². The lowest BCUT2D eigenvalue weighted by molar-refractivity contribution is -0.131. The van der Waals surface area contributed by atoms with Crippen LogP contribution in [0.25, 0.3) is 0 Å². The van der Waals surface area contributed by atoms with E-state index >= 15 is 0 Å². The van der Waals surface area contributed by atoms with E-state index in [-0.39, 0.29) is 35.2 Å². The molecule has 1 aliphatic carbocycles. The number of carbonyl (C=O) groups is 1. The summed E-state index contributed by atoms with van der Waals surface area (Å²) >= 11 is 0. The number of benzene rings is 2. The van der Waals surface area contributed by atoms with Gasteiger partial charge in [-0.2, -0.15) is 0 Å². The summed E-state index contributed by atoms with van der Waals surface area (Å²) in [5.41, 5.74) is 8.20. The van der Waals surface area contributed by atoms with Gasteiger partial charge in [0.25, 0.3) is 0 Å². The Morgan fingerprint density at radius 1 is 1.00 bits per heavy atom. The van der Waals surface area contributed by atoms with Crippen molar-refractivity contribution in [3.63, 3.8) is 0 Å². The number of phenolic OH excluding ortho intramolecular Hbond substituents is 3. The maximum Gasteiger partial charge on any atom is 0.200 e. The zero-order valence-electron chi connectivity index (χ0n) is 26.8. The number of nitrogens with two attached hydrogens (primary N) is 1. The highest BCUT2D eigenvalue weighted by Gasteiger charge is 2.49. The Hall–Kier alpha value is -3.85. The minimum absolute atomic E-state index is 0.0476. The van der Waals surface area contributed by atoms with Crippen LogP contribution in [0.15, 0.2) is 53.9 Å². The fourth-order valence-electron chi connectivity index (χ4n) is 6.94. The fraction of sp³-hybridized carbons (Fsp3) is 0.528. The third-order valence-corrected chi connectivity index (χ3v) is 9.27. The van der Waals surface area contributed by atoms with Gasteiger partial charge in [-0.1, -0.05) is 38.8 Å². The van der Waals surface area contributed by atoms with E-state index in [0.29, 0.717) is 55.5 Å². The van der Waals surface area contributed by atoms with Gasteiger partial charge in [-0.15, -0.1) is 0 Å². The molecule has 1 aliphatic heterocycles. The molecule has 0 radical (unpaired) electrons. The summed E-state index contributed by atoms with van der Waals surface area (Å²) in [7, 11) is 1.49. The molecule has 0 aromatic heterocycles. The molecule has 2 aromatic carbocycles. The van der Waals surface area contributed by atoms with Gasteiger partial charge < -0.3 is 41.0 Å². The Kier molecular flexibility index (Phi) is 11.7. The van der Waals surface area contributed by atoms with Crippen molar-refractivity contribution in [1.29, 1.82) is 0 Å². The van der Waals surface area contributed by atoms with Crippen LogP contribution in [0, 0.1) is 17.3 Å². The van der Waals surface area contributed by atoms with Crippen molar-refractivity contribution in [2.24, 2.45) is 23.0 Å². The van der Waals surface area contributed by atoms with E-state index in [2.05, 4.69) is 25.2 Å². The van der Waals surface area contributed by atoms with E-state index in [1.165, 1.54) is 13.2 Å². The van der Waals surface area contributed by atoms with Gasteiger partial charge in [0.15, 0.2) is 23.0 Å². The lowest BCUT2D eigenvalue weighted by atomic mass is 9.63. The van der Waals surface area contributed by atoms with Crippen LogP contribution < -0.4 is 20.5 Å². The standard InChI is InChI=1S/C36H50N2O7/c1-23(2)7-6-18-45-32-21-25(19-30(42)35(32)43)10-13-29(41)34(28(40)12-9-24-8-11-27(39)31(20-24)44-3)36(15-4-5-16-36)26-14-17-38-33(37)22-26/h8,11,14,19-23,28,34,38-40,42-43H,4-7,9-10,12-13,15-18,37H2,1-3H3. The SMILES string of the molecule is COc1cc(CCC(O)C(C(=O)CCc2cc(O)c(O)c(OCCCC(C)C)c2)C2(C3=CCNC(N)=C3)CCCC2)ccc1O. The number of nitrogens with one attached hydrogen (secondary N) is 1. The molecule has 4 rings (SSSR count). The second-order valence-corrected chi connectivity index (χ2v) is 12.9. The highest BCUT2D eigenvalue weighted by atomic mass is 16.5. The normalized spacial score (nSPS) is 17.3. The summed E-state index contributed by atoms with van der Waals surface area (Å²) in [6, 6.07) is 8.28. The van der Waals surface area contributed by atoms with E-state index in [0.717, 1.165) is 49.7 Å². The average Bonchev–Trinajstić information content (AvgIpc) is 3.50. The number of aliphatic hydroxyl groups is 1. The number of ether oxygens (including phenoxy) is 2. The van der Waals surface area contributed by atoms with E-state index in [1.807, 2.05) is 6.08 Å². The number of methoxy groups -OCH3 is 1. The number of carbonyl (C=O) groups excluding carboxylic acids is 1. The Labute approximate surface area is 266 Å². The van der Waals surface area contributed by atoms with Gasteiger partial charge >= 0.3 is 0 Å². The molecule has 2 unspecified atom stereocenters. The molecule has 246 valence electrons. The van der Waals surface area contributed by atoms with Crippen LogP contribution in [-0.4, -0.2) is 52.6 Å². The minimum Gasteiger partial charge on any atom is -0.504 e. The molecule has 9 heteroatoms. The number of hydrogen-bond donors (Lipinski definition) is 6. The van der Waals surface area contributed by atoms with Crippen LogP contribution in [0.1, 0.15) is 76.3 Å². The van der Waals surface area contributed by atoms with E-state index in [1.54, 1.807) is 24.3 Å². The molecular weight excluding hydrogens is 572 g/mol. The highest BCUT2D eigenvalue weighted by molar-refractivity contribution is 5.83. The largest absolute Gasteiger partial charge is 0.504 e. The fourth-order valence-corrected chi connectivity index (χ4v) is 6.94. The van der Waals surface area contributed by atoms with Crippen LogP contribution in [-0.2, 0) is 17.6 Å². The van der Waals surface area contributed by atoms with Crippen LogP contribution in [0.5, 0.6) is 28.7 Å². The second kappa shape index (κ2) is 15.4. The summed E-state index contributed by atoms with van der Waals surface area (Å²) in [5, 5.41) is 45.8. The van der Waals surface area contributed by atoms with Gasteiger partial charge in [0, 0.05) is 18.4 Å². The van der Waals surface area contributed by atoms with E-state index < -0.39 is 17.4 Å². The van der Waals surface area contributed by atoms with Gasteiger partial charge in [0.1, 0.15) is 5.78 Å². The molecule has 2 atom stereocenters. The van der Waals surface area contributed by atoms with Gasteiger partial charge in [-0.25, -0.2) is 0 Å². The maximum absolute atomic E-state index is 14.3. The third-order valence-electron chi connectivity index (χ3n) is 9.27.